The number of amides is 1. The van der Waals surface area contributed by atoms with Crippen molar-refractivity contribution in [1.82, 2.24) is 19.8 Å². The first kappa shape index (κ1) is 21.7. The minimum Gasteiger partial charge on any atom is -0.340 e. The lowest BCUT2D eigenvalue weighted by Gasteiger charge is -2.34. The summed E-state index contributed by atoms with van der Waals surface area (Å²) in [6, 6.07) is 18.6. The largest absolute Gasteiger partial charge is 0.340 e. The van der Waals surface area contributed by atoms with Gasteiger partial charge in [0.25, 0.3) is 0 Å². The summed E-state index contributed by atoms with van der Waals surface area (Å²) in [6.45, 7) is 8.18. The number of nitrogens with zero attached hydrogens (tertiary/aromatic N) is 4. The van der Waals surface area contributed by atoms with E-state index in [9.17, 15) is 4.79 Å². The Balaban J connectivity index is 1.36. The Kier molecular flexibility index (Phi) is 6.20. The van der Waals surface area contributed by atoms with Crippen LogP contribution in [0.1, 0.15) is 22.0 Å². The number of thiazole rings is 1. The molecule has 1 amide bonds. The van der Waals surface area contributed by atoms with Crippen molar-refractivity contribution in [1.29, 1.82) is 0 Å². The van der Waals surface area contributed by atoms with Gasteiger partial charge in [0.05, 0.1) is 22.6 Å². The first-order valence-corrected chi connectivity index (χ1v) is 12.3. The van der Waals surface area contributed by atoms with E-state index in [0.717, 1.165) is 76.7 Å². The molecule has 1 aliphatic rings. The maximum Gasteiger partial charge on any atom is 0.227 e. The SMILES string of the molecule is Cc1nc(CN2CCN(C(=O)Cc3c(C)nc4ccccc4c3-c3ccccc3)CC2)cs1. The normalized spacial score (nSPS) is 14.7. The van der Waals surface area contributed by atoms with Crippen molar-refractivity contribution in [2.75, 3.05) is 26.2 Å². The van der Waals surface area contributed by atoms with Crippen molar-refractivity contribution in [2.45, 2.75) is 26.8 Å². The number of aryl methyl sites for hydroxylation is 2. The number of benzene rings is 2. The molecule has 1 aliphatic heterocycles. The molecule has 1 saturated heterocycles. The van der Waals surface area contributed by atoms with Crippen LogP contribution < -0.4 is 0 Å². The highest BCUT2D eigenvalue weighted by Gasteiger charge is 2.24. The number of carbonyl (C=O) groups is 1. The highest BCUT2D eigenvalue weighted by atomic mass is 32.1. The van der Waals surface area contributed by atoms with Crippen LogP contribution in [-0.2, 0) is 17.8 Å². The van der Waals surface area contributed by atoms with E-state index in [4.69, 9.17) is 4.98 Å². The number of hydrogen-bond acceptors (Lipinski definition) is 5. The average molecular weight is 457 g/mol. The van der Waals surface area contributed by atoms with Crippen LogP contribution in [0.15, 0.2) is 60.0 Å². The summed E-state index contributed by atoms with van der Waals surface area (Å²) in [5.41, 5.74) is 6.32. The number of pyridine rings is 1. The van der Waals surface area contributed by atoms with Crippen LogP contribution >= 0.6 is 11.3 Å². The van der Waals surface area contributed by atoms with E-state index >= 15 is 0 Å². The molecule has 3 heterocycles. The van der Waals surface area contributed by atoms with E-state index in [2.05, 4.69) is 45.6 Å². The van der Waals surface area contributed by atoms with Crippen molar-refractivity contribution < 1.29 is 4.79 Å². The van der Waals surface area contributed by atoms with Gasteiger partial charge in [-0.1, -0.05) is 48.5 Å². The second-order valence-corrected chi connectivity index (χ2v) is 9.69. The molecule has 0 N–H and O–H groups in total. The molecule has 4 aromatic rings. The molecular weight excluding hydrogens is 428 g/mol. The van der Waals surface area contributed by atoms with Crippen LogP contribution in [0.4, 0.5) is 0 Å². The van der Waals surface area contributed by atoms with Crippen molar-refractivity contribution in [3.05, 3.63) is 81.9 Å². The Hall–Kier alpha value is -3.09. The van der Waals surface area contributed by atoms with E-state index < -0.39 is 0 Å². The van der Waals surface area contributed by atoms with E-state index in [-0.39, 0.29) is 5.91 Å². The molecule has 0 spiro atoms. The van der Waals surface area contributed by atoms with Crippen LogP contribution in [-0.4, -0.2) is 51.9 Å². The molecule has 0 radical (unpaired) electrons. The second kappa shape index (κ2) is 9.41. The summed E-state index contributed by atoms with van der Waals surface area (Å²) in [6.07, 6.45) is 0.374. The number of rotatable bonds is 5. The number of para-hydroxylation sites is 1. The van der Waals surface area contributed by atoms with Crippen LogP contribution in [0.2, 0.25) is 0 Å². The fraction of sp³-hybridized carbons (Fsp3) is 0.296. The fourth-order valence-electron chi connectivity index (χ4n) is 4.65. The molecule has 33 heavy (non-hydrogen) atoms. The van der Waals surface area contributed by atoms with Crippen LogP contribution in [0.5, 0.6) is 0 Å². The summed E-state index contributed by atoms with van der Waals surface area (Å²) in [5.74, 6) is 0.177. The van der Waals surface area contributed by atoms with Crippen molar-refractivity contribution in [3.63, 3.8) is 0 Å². The lowest BCUT2D eigenvalue weighted by molar-refractivity contribution is -0.132. The molecule has 5 rings (SSSR count). The van der Waals surface area contributed by atoms with Gasteiger partial charge < -0.3 is 4.90 Å². The average Bonchev–Trinajstić information content (AvgIpc) is 3.25. The molecule has 0 bridgehead atoms. The monoisotopic (exact) mass is 456 g/mol. The molecule has 0 unspecified atom stereocenters. The van der Waals surface area contributed by atoms with Gasteiger partial charge in [-0.3, -0.25) is 14.7 Å². The Bertz CT molecular complexity index is 1280. The topological polar surface area (TPSA) is 49.3 Å². The van der Waals surface area contributed by atoms with Crippen molar-refractivity contribution in [2.24, 2.45) is 0 Å². The maximum atomic E-state index is 13.4. The number of aromatic nitrogens is 2. The van der Waals surface area contributed by atoms with Crippen LogP contribution in [0.25, 0.3) is 22.0 Å². The third-order valence-electron chi connectivity index (χ3n) is 6.37. The zero-order valence-corrected chi connectivity index (χ0v) is 19.9. The van der Waals surface area contributed by atoms with E-state index in [0.29, 0.717) is 6.42 Å². The number of hydrogen-bond donors (Lipinski definition) is 0. The van der Waals surface area contributed by atoms with Gasteiger partial charge in [0, 0.05) is 49.2 Å². The summed E-state index contributed by atoms with van der Waals surface area (Å²) in [7, 11) is 0. The Morgan fingerprint density at radius 2 is 1.67 bits per heavy atom. The van der Waals surface area contributed by atoms with Gasteiger partial charge in [0.15, 0.2) is 0 Å². The van der Waals surface area contributed by atoms with E-state index in [1.54, 1.807) is 11.3 Å². The molecule has 2 aromatic carbocycles. The van der Waals surface area contributed by atoms with Gasteiger partial charge in [0.2, 0.25) is 5.91 Å². The lowest BCUT2D eigenvalue weighted by atomic mass is 9.92. The van der Waals surface area contributed by atoms with Gasteiger partial charge in [-0.2, -0.15) is 0 Å². The highest BCUT2D eigenvalue weighted by Crippen LogP contribution is 2.33. The fourth-order valence-corrected chi connectivity index (χ4v) is 5.26. The Morgan fingerprint density at radius 1 is 0.939 bits per heavy atom. The zero-order valence-electron chi connectivity index (χ0n) is 19.1. The predicted molar refractivity (Wildman–Crippen MR) is 134 cm³/mol. The maximum absolute atomic E-state index is 13.4. The molecule has 0 saturated carbocycles. The first-order valence-electron chi connectivity index (χ1n) is 11.4. The minimum atomic E-state index is 0.177. The first-order chi connectivity index (χ1) is 16.1. The molecule has 0 atom stereocenters. The van der Waals surface area contributed by atoms with E-state index in [1.165, 1.54) is 0 Å². The Morgan fingerprint density at radius 3 is 2.39 bits per heavy atom. The van der Waals surface area contributed by atoms with Gasteiger partial charge in [-0.15, -0.1) is 11.3 Å². The quantitative estimate of drug-likeness (QED) is 0.430. The number of fused-ring (bicyclic) bond motifs is 1. The van der Waals surface area contributed by atoms with Gasteiger partial charge in [0.1, 0.15) is 0 Å². The van der Waals surface area contributed by atoms with E-state index in [1.807, 2.05) is 43.0 Å². The molecule has 1 fully saturated rings. The number of carbonyl (C=O) groups excluding carboxylic acids is 1. The smallest absolute Gasteiger partial charge is 0.227 e. The summed E-state index contributed by atoms with van der Waals surface area (Å²) < 4.78 is 0. The molecule has 2 aromatic heterocycles. The van der Waals surface area contributed by atoms with Gasteiger partial charge in [-0.25, -0.2) is 4.98 Å². The van der Waals surface area contributed by atoms with Gasteiger partial charge >= 0.3 is 0 Å². The molecule has 0 aliphatic carbocycles. The summed E-state index contributed by atoms with van der Waals surface area (Å²) in [5, 5.41) is 4.33. The Labute approximate surface area is 198 Å². The second-order valence-electron chi connectivity index (χ2n) is 8.63. The molecule has 5 nitrogen and oxygen atoms in total. The molecule has 6 heteroatoms. The van der Waals surface area contributed by atoms with Gasteiger partial charge in [-0.05, 0) is 36.6 Å². The zero-order chi connectivity index (χ0) is 22.8. The van der Waals surface area contributed by atoms with Crippen molar-refractivity contribution in [3.8, 4) is 11.1 Å². The predicted octanol–water partition coefficient (Wildman–Crippen LogP) is 4.86. The minimum absolute atomic E-state index is 0.177. The van der Waals surface area contributed by atoms with Crippen LogP contribution in [0, 0.1) is 13.8 Å². The number of piperazine rings is 1. The highest BCUT2D eigenvalue weighted by molar-refractivity contribution is 7.09. The third kappa shape index (κ3) is 4.68. The summed E-state index contributed by atoms with van der Waals surface area (Å²) in [4.78, 5) is 27.2. The standard InChI is InChI=1S/C27H28N4OS/c1-19-24(27(21-8-4-3-5-9-21)23-10-6-7-11-25(23)28-19)16-26(32)31-14-12-30(13-15-31)17-22-18-33-20(2)29-22/h3-11,18H,12-17H2,1-2H3. The lowest BCUT2D eigenvalue weighted by Crippen LogP contribution is -2.48. The molecular formula is C27H28N4OS. The molecule has 168 valence electrons. The van der Waals surface area contributed by atoms with Crippen molar-refractivity contribution >= 4 is 28.1 Å². The third-order valence-corrected chi connectivity index (χ3v) is 7.19. The van der Waals surface area contributed by atoms with Crippen LogP contribution in [0.3, 0.4) is 0 Å². The summed E-state index contributed by atoms with van der Waals surface area (Å²) >= 11 is 1.69.